The Bertz CT molecular complexity index is 799. The van der Waals surface area contributed by atoms with Crippen LogP contribution in [0.1, 0.15) is 53.0 Å². The van der Waals surface area contributed by atoms with Crippen LogP contribution in [0.5, 0.6) is 0 Å². The standard InChI is InChI=1S/C24H38N4O5/c1-6-15(4)20(25)23(31)26-16(5)21(29)27-18(13-17-10-8-7-9-11-17)22(30)28-19(24(32)33)12-14(2)3/h7-11,14-16,18-20H,6,12-13,25H2,1-5H3,(H,26,31)(H,27,29)(H,28,30)(H,32,33). The fourth-order valence-corrected chi connectivity index (χ4v) is 3.21. The lowest BCUT2D eigenvalue weighted by Crippen LogP contribution is -2.57. The van der Waals surface area contributed by atoms with Gasteiger partial charge in [-0.2, -0.15) is 0 Å². The highest BCUT2D eigenvalue weighted by atomic mass is 16.4. The average molecular weight is 463 g/mol. The Hall–Kier alpha value is -2.94. The van der Waals surface area contributed by atoms with Crippen LogP contribution in [0.2, 0.25) is 0 Å². The lowest BCUT2D eigenvalue weighted by Gasteiger charge is -2.25. The zero-order valence-electron chi connectivity index (χ0n) is 20.1. The number of carboxylic acid groups (broad SMARTS) is 1. The van der Waals surface area contributed by atoms with E-state index in [1.807, 2.05) is 58.0 Å². The molecule has 9 heteroatoms. The molecule has 1 rings (SSSR count). The molecule has 0 saturated carbocycles. The van der Waals surface area contributed by atoms with Crippen LogP contribution in [0.25, 0.3) is 0 Å². The topological polar surface area (TPSA) is 151 Å². The molecular weight excluding hydrogens is 424 g/mol. The van der Waals surface area contributed by atoms with E-state index in [-0.39, 0.29) is 24.7 Å². The van der Waals surface area contributed by atoms with Crippen LogP contribution < -0.4 is 21.7 Å². The first kappa shape index (κ1) is 28.1. The molecule has 0 aliphatic carbocycles. The number of carbonyl (C=O) groups is 4. The van der Waals surface area contributed by atoms with Crippen LogP contribution in [0.15, 0.2) is 30.3 Å². The molecule has 0 bridgehead atoms. The van der Waals surface area contributed by atoms with E-state index >= 15 is 0 Å². The van der Waals surface area contributed by atoms with Crippen LogP contribution in [-0.4, -0.2) is 53.0 Å². The van der Waals surface area contributed by atoms with E-state index in [1.165, 1.54) is 6.92 Å². The Morgan fingerprint density at radius 3 is 1.97 bits per heavy atom. The first-order valence-corrected chi connectivity index (χ1v) is 11.4. The van der Waals surface area contributed by atoms with E-state index in [4.69, 9.17) is 5.73 Å². The number of carboxylic acids is 1. The summed E-state index contributed by atoms with van der Waals surface area (Å²) in [6, 6.07) is 5.31. The highest BCUT2D eigenvalue weighted by molar-refractivity contribution is 5.94. The molecule has 0 aliphatic heterocycles. The number of rotatable bonds is 13. The van der Waals surface area contributed by atoms with E-state index in [0.29, 0.717) is 0 Å². The van der Waals surface area contributed by atoms with Gasteiger partial charge in [-0.3, -0.25) is 14.4 Å². The largest absolute Gasteiger partial charge is 0.480 e. The number of carbonyl (C=O) groups excluding carboxylic acids is 3. The maximum absolute atomic E-state index is 13.0. The van der Waals surface area contributed by atoms with Crippen molar-refractivity contribution >= 4 is 23.7 Å². The van der Waals surface area contributed by atoms with Crippen molar-refractivity contribution in [1.82, 2.24) is 16.0 Å². The van der Waals surface area contributed by atoms with Gasteiger partial charge in [-0.05, 0) is 30.7 Å². The third kappa shape index (κ3) is 9.61. The number of hydrogen-bond acceptors (Lipinski definition) is 5. The van der Waals surface area contributed by atoms with Crippen LogP contribution in [0.4, 0.5) is 0 Å². The van der Waals surface area contributed by atoms with Crippen LogP contribution in [0.3, 0.4) is 0 Å². The lowest BCUT2D eigenvalue weighted by atomic mass is 9.99. The lowest BCUT2D eigenvalue weighted by molar-refractivity contribution is -0.142. The second kappa shape index (κ2) is 13.6. The Balaban J connectivity index is 2.95. The maximum Gasteiger partial charge on any atom is 0.326 e. The number of nitrogens with two attached hydrogens (primary N) is 1. The van der Waals surface area contributed by atoms with Gasteiger partial charge in [0.25, 0.3) is 0 Å². The number of nitrogens with one attached hydrogen (secondary N) is 3. The van der Waals surface area contributed by atoms with Gasteiger partial charge >= 0.3 is 5.97 Å². The third-order valence-corrected chi connectivity index (χ3v) is 5.55. The molecule has 3 amide bonds. The van der Waals surface area contributed by atoms with Gasteiger partial charge in [0.2, 0.25) is 17.7 Å². The maximum atomic E-state index is 13.0. The van der Waals surface area contributed by atoms with Gasteiger partial charge in [0.1, 0.15) is 18.1 Å². The van der Waals surface area contributed by atoms with Crippen molar-refractivity contribution in [3.63, 3.8) is 0 Å². The van der Waals surface area contributed by atoms with Gasteiger partial charge in [0, 0.05) is 6.42 Å². The SMILES string of the molecule is CCC(C)C(N)C(=O)NC(C)C(=O)NC(Cc1ccccc1)C(=O)NC(CC(C)C)C(=O)O. The molecule has 1 aromatic carbocycles. The van der Waals surface area contributed by atoms with Crippen molar-refractivity contribution in [2.24, 2.45) is 17.6 Å². The minimum Gasteiger partial charge on any atom is -0.480 e. The quantitative estimate of drug-likeness (QED) is 0.297. The van der Waals surface area contributed by atoms with E-state index < -0.39 is 47.9 Å². The molecule has 184 valence electrons. The second-order valence-corrected chi connectivity index (χ2v) is 8.92. The van der Waals surface area contributed by atoms with Crippen molar-refractivity contribution < 1.29 is 24.3 Å². The summed E-state index contributed by atoms with van der Waals surface area (Å²) in [4.78, 5) is 49.7. The predicted octanol–water partition coefficient (Wildman–Crippen LogP) is 1.21. The summed E-state index contributed by atoms with van der Waals surface area (Å²) in [5.41, 5.74) is 6.73. The molecule has 9 nitrogen and oxygen atoms in total. The van der Waals surface area contributed by atoms with Crippen molar-refractivity contribution in [3.05, 3.63) is 35.9 Å². The molecule has 0 fully saturated rings. The first-order chi connectivity index (χ1) is 15.5. The minimum atomic E-state index is -1.14. The van der Waals surface area contributed by atoms with Crippen molar-refractivity contribution in [1.29, 1.82) is 0 Å². The molecule has 0 aliphatic rings. The van der Waals surface area contributed by atoms with Gasteiger partial charge in [-0.15, -0.1) is 0 Å². The summed E-state index contributed by atoms with van der Waals surface area (Å²) < 4.78 is 0. The van der Waals surface area contributed by atoms with Crippen LogP contribution in [-0.2, 0) is 25.6 Å². The molecular formula is C24H38N4O5. The molecule has 0 aromatic heterocycles. The molecule has 0 saturated heterocycles. The van der Waals surface area contributed by atoms with Crippen LogP contribution in [0, 0.1) is 11.8 Å². The molecule has 5 unspecified atom stereocenters. The first-order valence-electron chi connectivity index (χ1n) is 11.4. The van der Waals surface area contributed by atoms with Gasteiger partial charge < -0.3 is 26.8 Å². The fourth-order valence-electron chi connectivity index (χ4n) is 3.21. The van der Waals surface area contributed by atoms with Crippen molar-refractivity contribution in [3.8, 4) is 0 Å². The molecule has 0 radical (unpaired) electrons. The zero-order chi connectivity index (χ0) is 25.1. The van der Waals surface area contributed by atoms with Crippen LogP contribution >= 0.6 is 0 Å². The van der Waals surface area contributed by atoms with E-state index in [0.717, 1.165) is 12.0 Å². The van der Waals surface area contributed by atoms with E-state index in [1.54, 1.807) is 0 Å². The average Bonchev–Trinajstić information content (AvgIpc) is 2.77. The summed E-state index contributed by atoms with van der Waals surface area (Å²) >= 11 is 0. The molecule has 6 N–H and O–H groups in total. The summed E-state index contributed by atoms with van der Waals surface area (Å²) in [5, 5.41) is 17.2. The molecule has 33 heavy (non-hydrogen) atoms. The summed E-state index contributed by atoms with van der Waals surface area (Å²) in [5.74, 6) is -2.74. The van der Waals surface area contributed by atoms with Gasteiger partial charge in [0.15, 0.2) is 0 Å². The summed E-state index contributed by atoms with van der Waals surface area (Å²) in [7, 11) is 0. The molecule has 0 heterocycles. The van der Waals surface area contributed by atoms with Gasteiger partial charge in [0.05, 0.1) is 6.04 Å². The smallest absolute Gasteiger partial charge is 0.326 e. The van der Waals surface area contributed by atoms with Gasteiger partial charge in [-0.1, -0.05) is 64.4 Å². The van der Waals surface area contributed by atoms with E-state index in [9.17, 15) is 24.3 Å². The predicted molar refractivity (Wildman–Crippen MR) is 126 cm³/mol. The zero-order valence-corrected chi connectivity index (χ0v) is 20.1. The highest BCUT2D eigenvalue weighted by Gasteiger charge is 2.29. The summed E-state index contributed by atoms with van der Waals surface area (Å²) in [6.07, 6.45) is 1.14. The minimum absolute atomic E-state index is 0.0502. The number of benzene rings is 1. The Labute approximate surface area is 195 Å². The summed E-state index contributed by atoms with van der Waals surface area (Å²) in [6.45, 7) is 9.00. The third-order valence-electron chi connectivity index (χ3n) is 5.55. The number of aliphatic carboxylic acids is 1. The number of hydrogen-bond donors (Lipinski definition) is 5. The van der Waals surface area contributed by atoms with Gasteiger partial charge in [-0.25, -0.2) is 4.79 Å². The second-order valence-electron chi connectivity index (χ2n) is 8.92. The molecule has 1 aromatic rings. The van der Waals surface area contributed by atoms with E-state index in [2.05, 4.69) is 16.0 Å². The Morgan fingerprint density at radius 1 is 0.879 bits per heavy atom. The Morgan fingerprint density at radius 2 is 1.45 bits per heavy atom. The molecule has 5 atom stereocenters. The molecule has 0 spiro atoms. The van der Waals surface area contributed by atoms with Crippen molar-refractivity contribution in [2.45, 2.75) is 78.0 Å². The highest BCUT2D eigenvalue weighted by Crippen LogP contribution is 2.09. The number of amides is 3. The fraction of sp³-hybridized carbons (Fsp3) is 0.583. The normalized spacial score (nSPS) is 15.6. The van der Waals surface area contributed by atoms with Crippen molar-refractivity contribution in [2.75, 3.05) is 0 Å². The Kier molecular flexibility index (Phi) is 11.6. The monoisotopic (exact) mass is 462 g/mol.